The molecule has 1 aliphatic heterocycles. The van der Waals surface area contributed by atoms with E-state index in [1.165, 1.54) is 0 Å². The molecule has 2 rings (SSSR count). The van der Waals surface area contributed by atoms with Crippen LogP contribution >= 0.6 is 0 Å². The van der Waals surface area contributed by atoms with Gasteiger partial charge in [0.05, 0.1) is 6.20 Å². The van der Waals surface area contributed by atoms with Gasteiger partial charge >= 0.3 is 0 Å². The second-order valence-electron chi connectivity index (χ2n) is 6.95. The quantitative estimate of drug-likeness (QED) is 0.634. The van der Waals surface area contributed by atoms with Crippen LogP contribution in [0.25, 0.3) is 0 Å². The first-order valence-corrected chi connectivity index (χ1v) is 11.0. The minimum Gasteiger partial charge on any atom is -0.375 e. The average Bonchev–Trinajstić information content (AvgIpc) is 2.96. The first-order valence-electron chi connectivity index (χ1n) is 7.31. The standard InChI is InChI=1S/C14H25N3O3Si/c1-16-6-5-14(19,13(16)18)12-9-15-17(10-12)11-20-7-8-21(2,3)4/h9-10,19H,5-8,11H2,1-4H3/t14-/m0/s1. The summed E-state index contributed by atoms with van der Waals surface area (Å²) in [5.41, 5.74) is -0.878. The molecule has 1 aliphatic rings. The van der Waals surface area contributed by atoms with Gasteiger partial charge in [0, 0.05) is 46.5 Å². The average molecular weight is 311 g/mol. The number of likely N-dealkylation sites (N-methyl/N-ethyl adjacent to an activating group) is 1. The van der Waals surface area contributed by atoms with E-state index < -0.39 is 13.7 Å². The van der Waals surface area contributed by atoms with Crippen LogP contribution in [0, 0.1) is 0 Å². The van der Waals surface area contributed by atoms with Crippen molar-refractivity contribution in [3.63, 3.8) is 0 Å². The molecule has 1 aromatic heterocycles. The second kappa shape index (κ2) is 5.90. The number of nitrogens with zero attached hydrogens (tertiary/aromatic N) is 3. The summed E-state index contributed by atoms with van der Waals surface area (Å²) in [5, 5.41) is 14.7. The van der Waals surface area contributed by atoms with Crippen molar-refractivity contribution in [1.29, 1.82) is 0 Å². The molecule has 0 spiro atoms. The monoisotopic (exact) mass is 311 g/mol. The molecule has 7 heteroatoms. The summed E-state index contributed by atoms with van der Waals surface area (Å²) < 4.78 is 7.24. The highest BCUT2D eigenvalue weighted by molar-refractivity contribution is 6.76. The fraction of sp³-hybridized carbons (Fsp3) is 0.714. The summed E-state index contributed by atoms with van der Waals surface area (Å²) in [5.74, 6) is -0.262. The molecule has 21 heavy (non-hydrogen) atoms. The summed E-state index contributed by atoms with van der Waals surface area (Å²) in [6, 6.07) is 1.11. The molecule has 1 atom stereocenters. The maximum absolute atomic E-state index is 12.0. The van der Waals surface area contributed by atoms with E-state index in [-0.39, 0.29) is 5.91 Å². The first-order chi connectivity index (χ1) is 9.72. The molecule has 0 bridgehead atoms. The Labute approximate surface area is 126 Å². The molecule has 1 aromatic rings. The fourth-order valence-corrected chi connectivity index (χ4v) is 3.06. The number of ether oxygens (including phenoxy) is 1. The van der Waals surface area contributed by atoms with Gasteiger partial charge in [-0.2, -0.15) is 5.10 Å². The van der Waals surface area contributed by atoms with Crippen LogP contribution in [0.1, 0.15) is 12.0 Å². The van der Waals surface area contributed by atoms with Crippen LogP contribution < -0.4 is 0 Å². The summed E-state index contributed by atoms with van der Waals surface area (Å²) in [4.78, 5) is 13.6. The van der Waals surface area contributed by atoms with Crippen molar-refractivity contribution < 1.29 is 14.6 Å². The Kier molecular flexibility index (Phi) is 4.55. The lowest BCUT2D eigenvalue weighted by atomic mass is 9.95. The highest BCUT2D eigenvalue weighted by atomic mass is 28.3. The van der Waals surface area contributed by atoms with Gasteiger partial charge in [0.1, 0.15) is 6.73 Å². The summed E-state index contributed by atoms with van der Waals surface area (Å²) >= 11 is 0. The molecule has 6 nitrogen and oxygen atoms in total. The topological polar surface area (TPSA) is 67.6 Å². The van der Waals surface area contributed by atoms with E-state index in [2.05, 4.69) is 24.7 Å². The van der Waals surface area contributed by atoms with Crippen LogP contribution in [-0.2, 0) is 21.9 Å². The third kappa shape index (κ3) is 3.72. The van der Waals surface area contributed by atoms with E-state index in [1.54, 1.807) is 29.0 Å². The van der Waals surface area contributed by atoms with Gasteiger partial charge in [0.2, 0.25) is 0 Å². The first kappa shape index (κ1) is 16.2. The van der Waals surface area contributed by atoms with E-state index in [0.29, 0.717) is 25.3 Å². The number of aliphatic hydroxyl groups is 1. The van der Waals surface area contributed by atoms with Gasteiger partial charge in [-0.05, 0) is 6.04 Å². The molecular weight excluding hydrogens is 286 g/mol. The Hall–Kier alpha value is -1.18. The molecule has 118 valence electrons. The van der Waals surface area contributed by atoms with E-state index in [0.717, 1.165) is 12.7 Å². The van der Waals surface area contributed by atoms with Crippen molar-refractivity contribution in [3.8, 4) is 0 Å². The maximum Gasteiger partial charge on any atom is 0.259 e. The fourth-order valence-electron chi connectivity index (χ4n) is 2.31. The Morgan fingerprint density at radius 1 is 1.48 bits per heavy atom. The van der Waals surface area contributed by atoms with Gasteiger partial charge in [-0.15, -0.1) is 0 Å². The largest absolute Gasteiger partial charge is 0.375 e. The number of carbonyl (C=O) groups is 1. The van der Waals surface area contributed by atoms with Crippen molar-refractivity contribution in [3.05, 3.63) is 18.0 Å². The van der Waals surface area contributed by atoms with Crippen molar-refractivity contribution in [1.82, 2.24) is 14.7 Å². The lowest BCUT2D eigenvalue weighted by Crippen LogP contribution is -2.35. The number of aromatic nitrogens is 2. The summed E-state index contributed by atoms with van der Waals surface area (Å²) in [6.07, 6.45) is 3.66. The number of likely N-dealkylation sites (tertiary alicyclic amines) is 1. The molecule has 0 aliphatic carbocycles. The van der Waals surface area contributed by atoms with E-state index in [1.807, 2.05) is 0 Å². The zero-order valence-electron chi connectivity index (χ0n) is 13.3. The predicted molar refractivity (Wildman–Crippen MR) is 82.5 cm³/mol. The molecule has 0 aromatic carbocycles. The number of hydrogen-bond donors (Lipinski definition) is 1. The smallest absolute Gasteiger partial charge is 0.259 e. The van der Waals surface area contributed by atoms with Crippen LogP contribution in [0.2, 0.25) is 25.7 Å². The SMILES string of the molecule is CN1CC[C@](O)(c2cnn(COCC[Si](C)(C)C)c2)C1=O. The second-order valence-corrected chi connectivity index (χ2v) is 12.6. The van der Waals surface area contributed by atoms with Crippen molar-refractivity contribution >= 4 is 14.0 Å². The van der Waals surface area contributed by atoms with Gasteiger partial charge in [0.25, 0.3) is 5.91 Å². The van der Waals surface area contributed by atoms with Crippen LogP contribution in [0.5, 0.6) is 0 Å². The number of carbonyl (C=O) groups excluding carboxylic acids is 1. The minimum atomic E-state index is -1.43. The van der Waals surface area contributed by atoms with Crippen LogP contribution in [-0.4, -0.2) is 54.0 Å². The molecule has 2 heterocycles. The van der Waals surface area contributed by atoms with Gasteiger partial charge in [-0.1, -0.05) is 19.6 Å². The van der Waals surface area contributed by atoms with Gasteiger partial charge < -0.3 is 14.7 Å². The maximum atomic E-state index is 12.0. The van der Waals surface area contributed by atoms with Crippen LogP contribution in [0.4, 0.5) is 0 Å². The highest BCUT2D eigenvalue weighted by Gasteiger charge is 2.45. The zero-order chi connectivity index (χ0) is 15.7. The summed E-state index contributed by atoms with van der Waals surface area (Å²) in [6.45, 7) is 8.55. The Balaban J connectivity index is 1.92. The third-order valence-electron chi connectivity index (χ3n) is 3.84. The Bertz CT molecular complexity index is 512. The summed E-state index contributed by atoms with van der Waals surface area (Å²) in [7, 11) is 0.614. The van der Waals surface area contributed by atoms with Crippen molar-refractivity contribution in [2.45, 2.75) is 44.4 Å². The molecule has 0 radical (unpaired) electrons. The number of amides is 1. The normalized spacial score (nSPS) is 23.1. The van der Waals surface area contributed by atoms with E-state index >= 15 is 0 Å². The predicted octanol–water partition coefficient (Wildman–Crippen LogP) is 1.25. The van der Waals surface area contributed by atoms with Gasteiger partial charge in [-0.3, -0.25) is 4.79 Å². The lowest BCUT2D eigenvalue weighted by Gasteiger charge is -2.18. The zero-order valence-corrected chi connectivity index (χ0v) is 14.3. The van der Waals surface area contributed by atoms with Crippen molar-refractivity contribution in [2.24, 2.45) is 0 Å². The van der Waals surface area contributed by atoms with Crippen LogP contribution in [0.15, 0.2) is 12.4 Å². The van der Waals surface area contributed by atoms with Crippen molar-refractivity contribution in [2.75, 3.05) is 20.2 Å². The molecular formula is C14H25N3O3Si. The minimum absolute atomic E-state index is 0.262. The van der Waals surface area contributed by atoms with Gasteiger partial charge in [-0.25, -0.2) is 4.68 Å². The third-order valence-corrected chi connectivity index (χ3v) is 5.54. The molecule has 1 saturated heterocycles. The molecule has 1 amide bonds. The molecule has 1 fully saturated rings. The highest BCUT2D eigenvalue weighted by Crippen LogP contribution is 2.32. The molecule has 0 unspecified atom stereocenters. The van der Waals surface area contributed by atoms with E-state index in [9.17, 15) is 9.90 Å². The number of rotatable bonds is 6. The van der Waals surface area contributed by atoms with E-state index in [4.69, 9.17) is 4.74 Å². The van der Waals surface area contributed by atoms with Crippen LogP contribution in [0.3, 0.4) is 0 Å². The Morgan fingerprint density at radius 2 is 2.19 bits per heavy atom. The van der Waals surface area contributed by atoms with Gasteiger partial charge in [0.15, 0.2) is 5.60 Å². The number of hydrogen-bond acceptors (Lipinski definition) is 4. The Morgan fingerprint density at radius 3 is 2.76 bits per heavy atom. The molecule has 1 N–H and O–H groups in total. The lowest BCUT2D eigenvalue weighted by molar-refractivity contribution is -0.143. The molecule has 0 saturated carbocycles.